The average molecular weight is 373 g/mol. The molecule has 0 bridgehead atoms. The van der Waals surface area contributed by atoms with E-state index in [1.54, 1.807) is 25.3 Å². The molecule has 1 atom stereocenters. The summed E-state index contributed by atoms with van der Waals surface area (Å²) in [4.78, 5) is 8.04. The quantitative estimate of drug-likeness (QED) is 0.632. The topological polar surface area (TPSA) is 73.1 Å². The summed E-state index contributed by atoms with van der Waals surface area (Å²) < 4.78 is 18.4. The summed E-state index contributed by atoms with van der Waals surface area (Å²) >= 11 is 5.97. The fourth-order valence-corrected chi connectivity index (χ4v) is 2.82. The van der Waals surface area contributed by atoms with Crippen LogP contribution in [-0.4, -0.2) is 17.1 Å². The number of nitrogen functional groups attached to an aromatic ring is 1. The lowest BCUT2D eigenvalue weighted by Gasteiger charge is -2.20. The van der Waals surface area contributed by atoms with Gasteiger partial charge in [0.05, 0.1) is 13.2 Å². The Bertz CT molecular complexity index is 851. The summed E-state index contributed by atoms with van der Waals surface area (Å²) in [5.74, 6) is 1.11. The van der Waals surface area contributed by atoms with Crippen LogP contribution in [0.2, 0.25) is 5.15 Å². The molecule has 0 unspecified atom stereocenters. The van der Waals surface area contributed by atoms with Gasteiger partial charge in [0.25, 0.3) is 0 Å². The molecule has 0 spiro atoms. The van der Waals surface area contributed by atoms with Crippen molar-refractivity contribution < 1.29 is 9.13 Å². The first kappa shape index (κ1) is 17.9. The van der Waals surface area contributed by atoms with Crippen LogP contribution in [-0.2, 0) is 6.42 Å². The van der Waals surface area contributed by atoms with Crippen molar-refractivity contribution in [2.75, 3.05) is 18.2 Å². The highest BCUT2D eigenvalue weighted by atomic mass is 35.5. The number of hydrogen-bond donors (Lipinski definition) is 2. The molecule has 0 aliphatic rings. The van der Waals surface area contributed by atoms with E-state index in [1.807, 2.05) is 24.3 Å². The monoisotopic (exact) mass is 372 g/mol. The number of benzene rings is 2. The van der Waals surface area contributed by atoms with Crippen molar-refractivity contribution in [1.82, 2.24) is 9.97 Å². The number of rotatable bonds is 6. The number of anilines is 2. The summed E-state index contributed by atoms with van der Waals surface area (Å²) in [7, 11) is 1.62. The fourth-order valence-electron chi connectivity index (χ4n) is 2.63. The summed E-state index contributed by atoms with van der Waals surface area (Å²) in [5.41, 5.74) is 7.67. The van der Waals surface area contributed by atoms with Gasteiger partial charge in [0.15, 0.2) is 0 Å². The number of methoxy groups -OCH3 is 1. The van der Waals surface area contributed by atoms with Gasteiger partial charge in [-0.25, -0.2) is 9.37 Å². The third-order valence-electron chi connectivity index (χ3n) is 3.91. The summed E-state index contributed by atoms with van der Waals surface area (Å²) in [6.45, 7) is 0. The van der Waals surface area contributed by atoms with Crippen LogP contribution < -0.4 is 15.8 Å². The van der Waals surface area contributed by atoms with Crippen LogP contribution in [0.15, 0.2) is 54.6 Å². The Labute approximate surface area is 156 Å². The van der Waals surface area contributed by atoms with Crippen LogP contribution in [0.5, 0.6) is 5.75 Å². The predicted octanol–water partition coefficient (Wildman–Crippen LogP) is 4.26. The Balaban J connectivity index is 1.90. The van der Waals surface area contributed by atoms with Crippen molar-refractivity contribution in [3.05, 3.63) is 76.7 Å². The van der Waals surface area contributed by atoms with Gasteiger partial charge in [-0.05, 0) is 41.8 Å². The highest BCUT2D eigenvalue weighted by Gasteiger charge is 2.14. The van der Waals surface area contributed by atoms with Crippen LogP contribution >= 0.6 is 11.6 Å². The molecule has 0 saturated carbocycles. The van der Waals surface area contributed by atoms with Gasteiger partial charge in [0.2, 0.25) is 5.95 Å². The Hall–Kier alpha value is -2.86. The third kappa shape index (κ3) is 4.61. The molecule has 3 N–H and O–H groups in total. The number of nitrogens with two attached hydrogens (primary N) is 1. The van der Waals surface area contributed by atoms with Crippen LogP contribution in [0, 0.1) is 5.82 Å². The first-order valence-corrected chi connectivity index (χ1v) is 8.36. The lowest BCUT2D eigenvalue weighted by molar-refractivity contribution is 0.414. The third-order valence-corrected chi connectivity index (χ3v) is 4.10. The molecule has 1 heterocycles. The molecular weight excluding hydrogens is 355 g/mol. The Morgan fingerprint density at radius 1 is 1.12 bits per heavy atom. The Morgan fingerprint density at radius 3 is 2.42 bits per heavy atom. The number of halogens is 2. The van der Waals surface area contributed by atoms with Crippen molar-refractivity contribution in [2.45, 2.75) is 12.5 Å². The number of aromatic nitrogens is 2. The van der Waals surface area contributed by atoms with Crippen LogP contribution in [0.25, 0.3) is 0 Å². The molecule has 26 heavy (non-hydrogen) atoms. The van der Waals surface area contributed by atoms with Gasteiger partial charge in [-0.15, -0.1) is 0 Å². The fraction of sp³-hybridized carbons (Fsp3) is 0.158. The first-order chi connectivity index (χ1) is 12.5. The summed E-state index contributed by atoms with van der Waals surface area (Å²) in [6.07, 6.45) is 0.619. The van der Waals surface area contributed by atoms with E-state index in [0.717, 1.165) is 16.9 Å². The minimum atomic E-state index is -0.266. The zero-order valence-electron chi connectivity index (χ0n) is 14.1. The lowest BCUT2D eigenvalue weighted by atomic mass is 9.98. The lowest BCUT2D eigenvalue weighted by Crippen LogP contribution is -2.15. The van der Waals surface area contributed by atoms with Crippen molar-refractivity contribution in [3.63, 3.8) is 0 Å². The molecule has 3 rings (SSSR count). The number of nitrogens with one attached hydrogen (secondary N) is 1. The zero-order valence-corrected chi connectivity index (χ0v) is 14.9. The normalized spacial score (nSPS) is 11.8. The van der Waals surface area contributed by atoms with Gasteiger partial charge in [-0.2, -0.15) is 4.98 Å². The molecule has 3 aromatic rings. The van der Waals surface area contributed by atoms with E-state index in [-0.39, 0.29) is 23.0 Å². The van der Waals surface area contributed by atoms with Gasteiger partial charge in [0.1, 0.15) is 22.5 Å². The molecule has 7 heteroatoms. The van der Waals surface area contributed by atoms with E-state index in [0.29, 0.717) is 12.2 Å². The largest absolute Gasteiger partial charge is 0.497 e. The molecule has 0 radical (unpaired) electrons. The van der Waals surface area contributed by atoms with E-state index in [1.165, 1.54) is 12.1 Å². The maximum atomic E-state index is 13.2. The molecule has 0 saturated heterocycles. The molecule has 0 aliphatic carbocycles. The van der Waals surface area contributed by atoms with E-state index < -0.39 is 0 Å². The maximum absolute atomic E-state index is 13.2. The van der Waals surface area contributed by atoms with E-state index >= 15 is 0 Å². The van der Waals surface area contributed by atoms with Crippen molar-refractivity contribution >= 4 is 23.4 Å². The molecule has 1 aromatic heterocycles. The van der Waals surface area contributed by atoms with Gasteiger partial charge in [-0.1, -0.05) is 35.9 Å². The molecular formula is C19H18ClFN4O. The van der Waals surface area contributed by atoms with Crippen molar-refractivity contribution in [2.24, 2.45) is 0 Å². The highest BCUT2D eigenvalue weighted by Crippen LogP contribution is 2.26. The summed E-state index contributed by atoms with van der Waals surface area (Å²) in [5, 5.41) is 3.59. The number of ether oxygens (including phenoxy) is 1. The molecule has 5 nitrogen and oxygen atoms in total. The highest BCUT2D eigenvalue weighted by molar-refractivity contribution is 6.29. The average Bonchev–Trinajstić information content (AvgIpc) is 2.62. The van der Waals surface area contributed by atoms with Crippen LogP contribution in [0.3, 0.4) is 0 Å². The minimum absolute atomic E-state index is 0.0928. The van der Waals surface area contributed by atoms with E-state index in [9.17, 15) is 4.39 Å². The Morgan fingerprint density at radius 2 is 1.81 bits per heavy atom. The minimum Gasteiger partial charge on any atom is -0.497 e. The molecule has 0 amide bonds. The number of hydrogen-bond acceptors (Lipinski definition) is 5. The summed E-state index contributed by atoms with van der Waals surface area (Å²) in [6, 6.07) is 15.6. The molecule has 0 fully saturated rings. The van der Waals surface area contributed by atoms with E-state index in [4.69, 9.17) is 22.1 Å². The molecule has 2 aromatic carbocycles. The first-order valence-electron chi connectivity index (χ1n) is 7.98. The molecule has 0 aliphatic heterocycles. The second-order valence-corrected chi connectivity index (χ2v) is 6.12. The Kier molecular flexibility index (Phi) is 5.53. The standard InChI is InChI=1S/C19H18ClFN4O/c1-26-15-8-4-13(5-9-15)16(10-12-2-6-14(21)7-3-12)23-18-11-17(20)24-19(22)25-18/h2-9,11,16H,10H2,1H3,(H3,22,23,24,25)/t16-/m0/s1. The second-order valence-electron chi connectivity index (χ2n) is 5.73. The van der Waals surface area contributed by atoms with Crippen LogP contribution in [0.1, 0.15) is 17.2 Å². The maximum Gasteiger partial charge on any atom is 0.223 e. The SMILES string of the molecule is COc1ccc([C@H](Cc2ccc(F)cc2)Nc2cc(Cl)nc(N)n2)cc1. The smallest absolute Gasteiger partial charge is 0.223 e. The molecule has 134 valence electrons. The van der Waals surface area contributed by atoms with Gasteiger partial charge < -0.3 is 15.8 Å². The second kappa shape index (κ2) is 8.01. The van der Waals surface area contributed by atoms with Gasteiger partial charge in [-0.3, -0.25) is 0 Å². The predicted molar refractivity (Wildman–Crippen MR) is 101 cm³/mol. The zero-order chi connectivity index (χ0) is 18.5. The van der Waals surface area contributed by atoms with E-state index in [2.05, 4.69) is 15.3 Å². The number of nitrogens with zero attached hydrogens (tertiary/aromatic N) is 2. The van der Waals surface area contributed by atoms with Crippen molar-refractivity contribution in [1.29, 1.82) is 0 Å². The van der Waals surface area contributed by atoms with Crippen molar-refractivity contribution in [3.8, 4) is 5.75 Å². The van der Waals surface area contributed by atoms with Gasteiger partial charge >= 0.3 is 0 Å². The van der Waals surface area contributed by atoms with Crippen LogP contribution in [0.4, 0.5) is 16.2 Å². The van der Waals surface area contributed by atoms with Gasteiger partial charge in [0, 0.05) is 6.07 Å².